The van der Waals surface area contributed by atoms with Gasteiger partial charge >= 0.3 is 0 Å². The topological polar surface area (TPSA) is 34.4 Å². The van der Waals surface area contributed by atoms with Gasteiger partial charge < -0.3 is 4.40 Å². The van der Waals surface area contributed by atoms with Crippen LogP contribution in [0.3, 0.4) is 0 Å². The van der Waals surface area contributed by atoms with Crippen molar-refractivity contribution in [1.29, 1.82) is 0 Å². The Kier molecular flexibility index (Phi) is 3.33. The number of aromatic nitrogens is 2. The smallest absolute Gasteiger partial charge is 0.170 e. The summed E-state index contributed by atoms with van der Waals surface area (Å²) in [5, 5.41) is 0. The first-order valence-electron chi connectivity index (χ1n) is 6.74. The summed E-state index contributed by atoms with van der Waals surface area (Å²) in [6.45, 7) is 2.04. The van der Waals surface area contributed by atoms with Crippen LogP contribution in [-0.2, 0) is 12.8 Å². The van der Waals surface area contributed by atoms with Crippen LogP contribution in [0.25, 0.3) is 5.52 Å². The van der Waals surface area contributed by atoms with Crippen molar-refractivity contribution in [2.75, 3.05) is 0 Å². The van der Waals surface area contributed by atoms with E-state index in [-0.39, 0.29) is 0 Å². The molecule has 2 heterocycles. The first-order valence-corrected chi connectivity index (χ1v) is 6.74. The van der Waals surface area contributed by atoms with Crippen LogP contribution in [0.5, 0.6) is 0 Å². The summed E-state index contributed by atoms with van der Waals surface area (Å²) < 4.78 is 2.03. The molecule has 0 unspecified atom stereocenters. The number of carbonyl (C=O) groups excluding carboxylic acids is 1. The number of rotatable bonds is 4. The zero-order chi connectivity index (χ0) is 13.9. The highest BCUT2D eigenvalue weighted by Gasteiger charge is 2.10. The molecule has 0 amide bonds. The minimum absolute atomic E-state index is 0.521. The van der Waals surface area contributed by atoms with E-state index in [4.69, 9.17) is 0 Å². The number of hydrogen-bond acceptors (Lipinski definition) is 2. The zero-order valence-corrected chi connectivity index (χ0v) is 11.4. The van der Waals surface area contributed by atoms with Crippen molar-refractivity contribution in [3.8, 4) is 0 Å². The Bertz CT molecular complexity index is 744. The first kappa shape index (κ1) is 12.6. The molecule has 0 radical (unpaired) electrons. The maximum Gasteiger partial charge on any atom is 0.170 e. The molecule has 0 N–H and O–H groups in total. The number of aryl methyl sites for hydroxylation is 3. The highest BCUT2D eigenvalue weighted by molar-refractivity contribution is 5.83. The van der Waals surface area contributed by atoms with E-state index in [0.29, 0.717) is 5.69 Å². The Morgan fingerprint density at radius 2 is 1.90 bits per heavy atom. The summed E-state index contributed by atoms with van der Waals surface area (Å²) in [5.41, 5.74) is 3.85. The van der Waals surface area contributed by atoms with E-state index in [2.05, 4.69) is 17.1 Å². The standard InChI is InChI=1S/C17H16N2O/c1-13-7-9-16-15(12-20)18-17(19(16)11-13)10-8-14-5-3-2-4-6-14/h2-7,9,11-12H,8,10H2,1H3. The Morgan fingerprint density at radius 3 is 2.65 bits per heavy atom. The fraction of sp³-hybridized carbons (Fsp3) is 0.176. The minimum atomic E-state index is 0.521. The van der Waals surface area contributed by atoms with Crippen LogP contribution in [0.1, 0.15) is 27.4 Å². The summed E-state index contributed by atoms with van der Waals surface area (Å²) in [7, 11) is 0. The summed E-state index contributed by atoms with van der Waals surface area (Å²) in [4.78, 5) is 15.6. The second-order valence-corrected chi connectivity index (χ2v) is 4.98. The molecule has 0 saturated carbocycles. The van der Waals surface area contributed by atoms with Crippen LogP contribution in [-0.4, -0.2) is 15.7 Å². The molecule has 3 aromatic rings. The lowest BCUT2D eigenvalue weighted by molar-refractivity contribution is 0.112. The van der Waals surface area contributed by atoms with E-state index in [9.17, 15) is 4.79 Å². The van der Waals surface area contributed by atoms with Crippen LogP contribution in [0.4, 0.5) is 0 Å². The molecule has 0 atom stereocenters. The van der Waals surface area contributed by atoms with E-state index < -0.39 is 0 Å². The van der Waals surface area contributed by atoms with Gasteiger partial charge in [-0.05, 0) is 30.5 Å². The van der Waals surface area contributed by atoms with Crippen molar-refractivity contribution in [2.45, 2.75) is 19.8 Å². The van der Waals surface area contributed by atoms with Gasteiger partial charge in [0.25, 0.3) is 0 Å². The molecular weight excluding hydrogens is 248 g/mol. The molecular formula is C17H16N2O. The van der Waals surface area contributed by atoms with E-state index in [1.54, 1.807) is 0 Å². The Morgan fingerprint density at radius 1 is 1.10 bits per heavy atom. The van der Waals surface area contributed by atoms with Crippen molar-refractivity contribution in [3.63, 3.8) is 0 Å². The van der Waals surface area contributed by atoms with Gasteiger partial charge in [-0.1, -0.05) is 36.4 Å². The summed E-state index contributed by atoms with van der Waals surface area (Å²) in [5.74, 6) is 0.939. The maximum absolute atomic E-state index is 11.1. The Labute approximate surface area is 117 Å². The number of imidazole rings is 1. The average molecular weight is 264 g/mol. The first-order chi connectivity index (χ1) is 9.78. The number of nitrogens with zero attached hydrogens (tertiary/aromatic N) is 2. The highest BCUT2D eigenvalue weighted by atomic mass is 16.1. The fourth-order valence-electron chi connectivity index (χ4n) is 2.44. The maximum atomic E-state index is 11.1. The van der Waals surface area contributed by atoms with Gasteiger partial charge in [0, 0.05) is 12.6 Å². The van der Waals surface area contributed by atoms with E-state index >= 15 is 0 Å². The van der Waals surface area contributed by atoms with Crippen molar-refractivity contribution in [1.82, 2.24) is 9.38 Å². The third-order valence-corrected chi connectivity index (χ3v) is 3.48. The van der Waals surface area contributed by atoms with Crippen LogP contribution < -0.4 is 0 Å². The molecule has 2 aromatic heterocycles. The molecule has 0 aliphatic heterocycles. The van der Waals surface area contributed by atoms with Gasteiger partial charge in [0.1, 0.15) is 11.5 Å². The predicted molar refractivity (Wildman–Crippen MR) is 79.2 cm³/mol. The van der Waals surface area contributed by atoms with Crippen LogP contribution in [0, 0.1) is 6.92 Å². The lowest BCUT2D eigenvalue weighted by atomic mass is 10.1. The van der Waals surface area contributed by atoms with Gasteiger partial charge in [0.05, 0.1) is 5.52 Å². The van der Waals surface area contributed by atoms with Crippen molar-refractivity contribution in [2.24, 2.45) is 0 Å². The van der Waals surface area contributed by atoms with Gasteiger partial charge in [-0.25, -0.2) is 4.98 Å². The van der Waals surface area contributed by atoms with Gasteiger partial charge in [0.2, 0.25) is 0 Å². The second-order valence-electron chi connectivity index (χ2n) is 4.98. The number of fused-ring (bicyclic) bond motifs is 1. The van der Waals surface area contributed by atoms with Crippen molar-refractivity contribution < 1.29 is 4.79 Å². The van der Waals surface area contributed by atoms with Gasteiger partial charge in [-0.3, -0.25) is 4.79 Å². The monoisotopic (exact) mass is 264 g/mol. The molecule has 0 fully saturated rings. The number of carbonyl (C=O) groups is 1. The zero-order valence-electron chi connectivity index (χ0n) is 11.4. The number of hydrogen-bond donors (Lipinski definition) is 0. The number of pyridine rings is 1. The van der Waals surface area contributed by atoms with Gasteiger partial charge in [-0.15, -0.1) is 0 Å². The molecule has 0 aliphatic rings. The average Bonchev–Trinajstić information content (AvgIpc) is 2.83. The fourth-order valence-corrected chi connectivity index (χ4v) is 2.44. The Hall–Kier alpha value is -2.42. The predicted octanol–water partition coefficient (Wildman–Crippen LogP) is 3.24. The molecule has 0 saturated heterocycles. The second kappa shape index (κ2) is 5.29. The lowest BCUT2D eigenvalue weighted by Gasteiger charge is -2.03. The van der Waals surface area contributed by atoms with Gasteiger partial charge in [0.15, 0.2) is 6.29 Å². The molecule has 0 spiro atoms. The molecule has 0 aliphatic carbocycles. The third-order valence-electron chi connectivity index (χ3n) is 3.48. The molecule has 1 aromatic carbocycles. The van der Waals surface area contributed by atoms with E-state index in [1.807, 2.05) is 47.9 Å². The normalized spacial score (nSPS) is 10.8. The Balaban J connectivity index is 1.95. The summed E-state index contributed by atoms with van der Waals surface area (Å²) >= 11 is 0. The SMILES string of the molecule is Cc1ccc2c(C=O)nc(CCc3ccccc3)n2c1. The molecule has 3 heteroatoms. The van der Waals surface area contributed by atoms with E-state index in [0.717, 1.165) is 36.0 Å². The van der Waals surface area contributed by atoms with Crippen LogP contribution in [0.2, 0.25) is 0 Å². The third kappa shape index (κ3) is 2.35. The molecule has 0 bridgehead atoms. The molecule has 3 nitrogen and oxygen atoms in total. The highest BCUT2D eigenvalue weighted by Crippen LogP contribution is 2.15. The number of benzene rings is 1. The van der Waals surface area contributed by atoms with Crippen molar-refractivity contribution in [3.05, 3.63) is 71.3 Å². The minimum Gasteiger partial charge on any atom is -0.303 e. The molecule has 3 rings (SSSR count). The summed E-state index contributed by atoms with van der Waals surface area (Å²) in [6, 6.07) is 14.3. The summed E-state index contributed by atoms with van der Waals surface area (Å²) in [6.07, 6.45) is 4.61. The van der Waals surface area contributed by atoms with Crippen LogP contribution >= 0.6 is 0 Å². The quantitative estimate of drug-likeness (QED) is 0.678. The van der Waals surface area contributed by atoms with E-state index in [1.165, 1.54) is 5.56 Å². The largest absolute Gasteiger partial charge is 0.303 e. The number of aldehydes is 1. The van der Waals surface area contributed by atoms with Gasteiger partial charge in [-0.2, -0.15) is 0 Å². The lowest BCUT2D eigenvalue weighted by Crippen LogP contribution is -1.98. The van der Waals surface area contributed by atoms with Crippen LogP contribution in [0.15, 0.2) is 48.7 Å². The molecule has 20 heavy (non-hydrogen) atoms. The van der Waals surface area contributed by atoms with Crippen molar-refractivity contribution >= 4 is 11.8 Å². The molecule has 100 valence electrons.